The average molecular weight is 323 g/mol. The van der Waals surface area contributed by atoms with Crippen LogP contribution in [0.4, 0.5) is 0 Å². The molecule has 0 saturated carbocycles. The molecule has 2 rings (SSSR count). The number of nitrogens with zero attached hydrogens (tertiary/aromatic N) is 3. The van der Waals surface area contributed by atoms with E-state index >= 15 is 0 Å². The fraction of sp³-hybridized carbons (Fsp3) is 0.286. The third-order valence-corrected chi connectivity index (χ3v) is 3.20. The molecule has 0 radical (unpaired) electrons. The number of hydrogen-bond acceptors (Lipinski definition) is 4. The van der Waals surface area contributed by atoms with Crippen LogP contribution in [-0.4, -0.2) is 38.3 Å². The van der Waals surface area contributed by atoms with Gasteiger partial charge in [-0.3, -0.25) is 9.59 Å². The average Bonchev–Trinajstić information content (AvgIpc) is 2.77. The first-order valence-corrected chi connectivity index (χ1v) is 6.96. The lowest BCUT2D eigenvalue weighted by molar-refractivity contribution is -0.136. The molecule has 0 aliphatic heterocycles. The minimum absolute atomic E-state index is 0.0102. The van der Waals surface area contributed by atoms with E-state index in [9.17, 15) is 9.59 Å². The number of halogens is 1. The van der Waals surface area contributed by atoms with Gasteiger partial charge in [-0.25, -0.2) is 9.67 Å². The van der Waals surface area contributed by atoms with E-state index in [1.165, 1.54) is 0 Å². The Bertz CT molecular complexity index is 727. The Balaban J connectivity index is 2.25. The van der Waals surface area contributed by atoms with Crippen molar-refractivity contribution in [2.75, 3.05) is 6.54 Å². The Kier molecular flexibility index (Phi) is 4.77. The van der Waals surface area contributed by atoms with Crippen LogP contribution in [0.25, 0.3) is 5.82 Å². The van der Waals surface area contributed by atoms with Gasteiger partial charge in [-0.15, -0.1) is 0 Å². The normalized spacial score (nSPS) is 10.5. The lowest BCUT2D eigenvalue weighted by atomic mass is 10.3. The zero-order valence-corrected chi connectivity index (χ0v) is 12.9. The van der Waals surface area contributed by atoms with Gasteiger partial charge in [-0.05, 0) is 32.0 Å². The Morgan fingerprint density at radius 2 is 2.09 bits per heavy atom. The summed E-state index contributed by atoms with van der Waals surface area (Å²) in [4.78, 5) is 26.7. The number of aliphatic carboxylic acids is 1. The van der Waals surface area contributed by atoms with Crippen LogP contribution in [0, 0.1) is 13.8 Å². The molecule has 1 amide bonds. The number of hydrogen-bond donors (Lipinski definition) is 2. The highest BCUT2D eigenvalue weighted by atomic mass is 35.5. The molecule has 2 aromatic heterocycles. The number of carbonyl (C=O) groups excluding carboxylic acids is 1. The predicted molar refractivity (Wildman–Crippen MR) is 80.4 cm³/mol. The highest BCUT2D eigenvalue weighted by molar-refractivity contribution is 6.33. The molecule has 0 unspecified atom stereocenters. The van der Waals surface area contributed by atoms with Gasteiger partial charge in [0.1, 0.15) is 5.69 Å². The molecule has 7 nitrogen and oxygen atoms in total. The summed E-state index contributed by atoms with van der Waals surface area (Å²) in [6, 6.07) is 5.12. The maximum atomic E-state index is 12.0. The number of carboxylic acids is 1. The van der Waals surface area contributed by atoms with Crippen LogP contribution in [0.5, 0.6) is 0 Å². The van der Waals surface area contributed by atoms with Gasteiger partial charge >= 0.3 is 5.97 Å². The summed E-state index contributed by atoms with van der Waals surface area (Å²) in [5.74, 6) is -1.04. The third-order valence-electron chi connectivity index (χ3n) is 2.90. The molecule has 0 aliphatic rings. The number of pyridine rings is 1. The van der Waals surface area contributed by atoms with Crippen molar-refractivity contribution in [3.05, 3.63) is 40.3 Å². The molecular weight excluding hydrogens is 308 g/mol. The molecule has 0 fully saturated rings. The molecule has 2 N–H and O–H groups in total. The summed E-state index contributed by atoms with van der Waals surface area (Å²) < 4.78 is 1.61. The van der Waals surface area contributed by atoms with Gasteiger partial charge in [0, 0.05) is 12.2 Å². The van der Waals surface area contributed by atoms with Crippen LogP contribution >= 0.6 is 11.6 Å². The molecule has 0 saturated heterocycles. The van der Waals surface area contributed by atoms with Gasteiger partial charge in [0.15, 0.2) is 5.82 Å². The zero-order valence-electron chi connectivity index (χ0n) is 12.1. The van der Waals surface area contributed by atoms with Crippen LogP contribution in [0.1, 0.15) is 28.3 Å². The van der Waals surface area contributed by atoms with Gasteiger partial charge in [-0.1, -0.05) is 11.6 Å². The Morgan fingerprint density at radius 1 is 1.36 bits per heavy atom. The minimum atomic E-state index is -0.990. The van der Waals surface area contributed by atoms with Crippen LogP contribution < -0.4 is 5.32 Å². The molecule has 0 bridgehead atoms. The van der Waals surface area contributed by atoms with Crippen molar-refractivity contribution in [2.24, 2.45) is 0 Å². The third kappa shape index (κ3) is 3.62. The predicted octanol–water partition coefficient (Wildman–Crippen LogP) is 1.74. The number of nitrogens with one attached hydrogen (secondary N) is 1. The molecule has 0 atom stereocenters. The highest BCUT2D eigenvalue weighted by Crippen LogP contribution is 2.17. The SMILES string of the molecule is Cc1cc(C)n(-c2ccc(Cl)c(C(=O)NCCC(=O)O)n2)n1. The van der Waals surface area contributed by atoms with Crippen molar-refractivity contribution < 1.29 is 14.7 Å². The lowest BCUT2D eigenvalue weighted by Crippen LogP contribution is -2.27. The van der Waals surface area contributed by atoms with Crippen molar-refractivity contribution in [1.82, 2.24) is 20.1 Å². The molecule has 2 heterocycles. The zero-order chi connectivity index (χ0) is 16.3. The lowest BCUT2D eigenvalue weighted by Gasteiger charge is -2.08. The smallest absolute Gasteiger partial charge is 0.305 e. The van der Waals surface area contributed by atoms with Crippen LogP contribution in [0.3, 0.4) is 0 Å². The van der Waals surface area contributed by atoms with E-state index in [0.717, 1.165) is 11.4 Å². The Hall–Kier alpha value is -2.41. The first-order chi connectivity index (χ1) is 10.4. The number of amides is 1. The van der Waals surface area contributed by atoms with E-state index < -0.39 is 11.9 Å². The van der Waals surface area contributed by atoms with Crippen molar-refractivity contribution in [2.45, 2.75) is 20.3 Å². The van der Waals surface area contributed by atoms with Crippen molar-refractivity contribution in [3.63, 3.8) is 0 Å². The number of carboxylic acid groups (broad SMARTS) is 1. The summed E-state index contributed by atoms with van der Waals surface area (Å²) in [5, 5.41) is 15.5. The summed E-state index contributed by atoms with van der Waals surface area (Å²) in [6.07, 6.45) is -0.166. The quantitative estimate of drug-likeness (QED) is 0.874. The van der Waals surface area contributed by atoms with E-state index in [4.69, 9.17) is 16.7 Å². The Morgan fingerprint density at radius 3 is 2.68 bits per heavy atom. The van der Waals surface area contributed by atoms with Crippen LogP contribution in [0.2, 0.25) is 5.02 Å². The molecule has 0 spiro atoms. The van der Waals surface area contributed by atoms with Crippen molar-refractivity contribution >= 4 is 23.5 Å². The van der Waals surface area contributed by atoms with E-state index in [2.05, 4.69) is 15.4 Å². The summed E-state index contributed by atoms with van der Waals surface area (Å²) in [5.41, 5.74) is 1.75. The van der Waals surface area contributed by atoms with E-state index in [-0.39, 0.29) is 23.7 Å². The number of rotatable bonds is 5. The van der Waals surface area contributed by atoms with Gasteiger partial charge in [0.25, 0.3) is 5.91 Å². The van der Waals surface area contributed by atoms with E-state index in [0.29, 0.717) is 5.82 Å². The monoisotopic (exact) mass is 322 g/mol. The molecule has 2 aromatic rings. The first kappa shape index (κ1) is 16.0. The topological polar surface area (TPSA) is 97.1 Å². The van der Waals surface area contributed by atoms with Crippen LogP contribution in [0.15, 0.2) is 18.2 Å². The number of aromatic nitrogens is 3. The minimum Gasteiger partial charge on any atom is -0.481 e. The standard InChI is InChI=1S/C14H15ClN4O3/c1-8-7-9(2)19(18-8)11-4-3-10(15)13(17-11)14(22)16-6-5-12(20)21/h3-4,7H,5-6H2,1-2H3,(H,16,22)(H,20,21). The molecule has 8 heteroatoms. The van der Waals surface area contributed by atoms with Gasteiger partial charge < -0.3 is 10.4 Å². The van der Waals surface area contributed by atoms with E-state index in [1.807, 2.05) is 19.9 Å². The molecule has 0 aromatic carbocycles. The summed E-state index contributed by atoms with van der Waals surface area (Å²) >= 11 is 6.00. The number of aryl methyl sites for hydroxylation is 2. The highest BCUT2D eigenvalue weighted by Gasteiger charge is 2.15. The summed E-state index contributed by atoms with van der Waals surface area (Å²) in [7, 11) is 0. The van der Waals surface area contributed by atoms with Crippen LogP contribution in [-0.2, 0) is 4.79 Å². The molecule has 22 heavy (non-hydrogen) atoms. The van der Waals surface area contributed by atoms with Gasteiger partial charge in [0.2, 0.25) is 0 Å². The maximum absolute atomic E-state index is 12.0. The van der Waals surface area contributed by atoms with Gasteiger partial charge in [0.05, 0.1) is 17.1 Å². The fourth-order valence-electron chi connectivity index (χ4n) is 1.94. The second kappa shape index (κ2) is 6.57. The Labute approximate surface area is 131 Å². The maximum Gasteiger partial charge on any atom is 0.305 e. The molecule has 0 aliphatic carbocycles. The molecular formula is C14H15ClN4O3. The number of carbonyl (C=O) groups is 2. The first-order valence-electron chi connectivity index (χ1n) is 6.58. The van der Waals surface area contributed by atoms with Crippen molar-refractivity contribution in [3.8, 4) is 5.82 Å². The second-order valence-corrected chi connectivity index (χ2v) is 5.15. The molecule has 116 valence electrons. The van der Waals surface area contributed by atoms with Crippen molar-refractivity contribution in [1.29, 1.82) is 0 Å². The largest absolute Gasteiger partial charge is 0.481 e. The fourth-order valence-corrected chi connectivity index (χ4v) is 2.13. The summed E-state index contributed by atoms with van der Waals surface area (Å²) in [6.45, 7) is 3.75. The van der Waals surface area contributed by atoms with Gasteiger partial charge in [-0.2, -0.15) is 5.10 Å². The van der Waals surface area contributed by atoms with E-state index in [1.54, 1.807) is 16.8 Å². The second-order valence-electron chi connectivity index (χ2n) is 4.74.